The van der Waals surface area contributed by atoms with E-state index in [9.17, 15) is 5.11 Å². The normalized spacial score (nSPS) is 20.2. The van der Waals surface area contributed by atoms with Gasteiger partial charge in [-0.3, -0.25) is 9.80 Å². The number of fused-ring (bicyclic) bond motifs is 2. The van der Waals surface area contributed by atoms with Gasteiger partial charge >= 0.3 is 0 Å². The summed E-state index contributed by atoms with van der Waals surface area (Å²) in [7, 11) is 1.69. The number of hydrogen-bond acceptors (Lipinski definition) is 9. The third kappa shape index (κ3) is 5.44. The molecule has 0 spiro atoms. The molecule has 0 radical (unpaired) electrons. The first kappa shape index (κ1) is 27.8. The van der Waals surface area contributed by atoms with Crippen LogP contribution in [-0.4, -0.2) is 97.1 Å². The Morgan fingerprint density at radius 1 is 1.00 bits per heavy atom. The number of imidazole rings is 1. The highest BCUT2D eigenvalue weighted by molar-refractivity contribution is 5.99. The number of aromatic amines is 1. The van der Waals surface area contributed by atoms with Gasteiger partial charge in [0, 0.05) is 56.3 Å². The lowest BCUT2D eigenvalue weighted by Crippen LogP contribution is -2.51. The lowest BCUT2D eigenvalue weighted by Gasteiger charge is -2.41. The third-order valence-corrected chi connectivity index (χ3v) is 9.22. The molecule has 0 atom stereocenters. The van der Waals surface area contributed by atoms with Gasteiger partial charge in [-0.25, -0.2) is 19.6 Å². The molecular weight excluding hydrogens is 542 g/mol. The third-order valence-electron chi connectivity index (χ3n) is 9.22. The van der Waals surface area contributed by atoms with Gasteiger partial charge < -0.3 is 20.6 Å². The van der Waals surface area contributed by atoms with E-state index in [0.717, 1.165) is 109 Å². The number of hydrogen-bond donors (Lipinski definition) is 3. The largest absolute Gasteiger partial charge is 0.496 e. The van der Waals surface area contributed by atoms with Gasteiger partial charge in [0.25, 0.3) is 0 Å². The molecular formula is C32H39N9O2. The van der Waals surface area contributed by atoms with Crippen molar-refractivity contribution in [3.63, 3.8) is 0 Å². The van der Waals surface area contributed by atoms with Crippen LogP contribution in [0, 0.1) is 0 Å². The Balaban J connectivity index is 1.13. The fourth-order valence-corrected chi connectivity index (χ4v) is 6.94. The second-order valence-electron chi connectivity index (χ2n) is 11.7. The molecule has 11 heteroatoms. The Morgan fingerprint density at radius 3 is 2.58 bits per heavy atom. The molecule has 1 saturated heterocycles. The van der Waals surface area contributed by atoms with Crippen molar-refractivity contribution in [2.24, 2.45) is 0 Å². The van der Waals surface area contributed by atoms with Crippen molar-refractivity contribution >= 4 is 27.9 Å². The number of nitrogen functional groups attached to an aromatic ring is 1. The number of aliphatic hydroxyl groups excluding tert-OH is 1. The number of rotatable bonds is 8. The van der Waals surface area contributed by atoms with E-state index >= 15 is 0 Å². The summed E-state index contributed by atoms with van der Waals surface area (Å²) in [5, 5.41) is 15.2. The standard InChI is InChI=1S/C32H39N9O2/c1-43-27-5-3-2-4-21(27)19-28-36-25-11-6-22(18-26(25)37-28)30-29-31(33)34-20-35-32(29)41(38-30)24-9-7-23(8-10-24)40-14-12-39(13-15-40)16-17-42/h2-6,11,18,20,23-24,42H,7-10,12-17,19H2,1H3,(H,36,37)(H2,33,34,35). The molecule has 3 aromatic heterocycles. The second kappa shape index (κ2) is 11.9. The zero-order chi connectivity index (χ0) is 29.3. The topological polar surface area (TPSA) is 134 Å². The molecule has 4 heterocycles. The van der Waals surface area contributed by atoms with Crippen LogP contribution in [0.4, 0.5) is 5.82 Å². The number of β-amino-alcohol motifs (C(OH)–C–C–N with tert-alkyl or cyclic N) is 1. The van der Waals surface area contributed by atoms with Crippen molar-refractivity contribution in [2.45, 2.75) is 44.2 Å². The molecule has 5 aromatic rings. The molecule has 2 aliphatic rings. The molecule has 0 bridgehead atoms. The van der Waals surface area contributed by atoms with Crippen LogP contribution in [0.3, 0.4) is 0 Å². The maximum absolute atomic E-state index is 9.26. The molecule has 1 aliphatic heterocycles. The monoisotopic (exact) mass is 581 g/mol. The van der Waals surface area contributed by atoms with Crippen molar-refractivity contribution in [1.29, 1.82) is 0 Å². The van der Waals surface area contributed by atoms with Crippen LogP contribution in [0.2, 0.25) is 0 Å². The first-order valence-corrected chi connectivity index (χ1v) is 15.3. The van der Waals surface area contributed by atoms with Crippen molar-refractivity contribution in [3.05, 3.63) is 60.2 Å². The molecule has 1 saturated carbocycles. The molecule has 11 nitrogen and oxygen atoms in total. The summed E-state index contributed by atoms with van der Waals surface area (Å²) in [6, 6.07) is 15.1. The van der Waals surface area contributed by atoms with Crippen molar-refractivity contribution in [3.8, 4) is 17.0 Å². The van der Waals surface area contributed by atoms with Crippen LogP contribution in [0.15, 0.2) is 48.8 Å². The Hall–Kier alpha value is -4.06. The highest BCUT2D eigenvalue weighted by Gasteiger charge is 2.31. The quantitative estimate of drug-likeness (QED) is 0.251. The SMILES string of the molecule is COc1ccccc1Cc1nc2ccc(-c3nn(C4CCC(N5CCN(CCO)CC5)CC4)c4ncnc(N)c34)cc2[nH]1. The average Bonchev–Trinajstić information content (AvgIpc) is 3.63. The van der Waals surface area contributed by atoms with E-state index in [4.69, 9.17) is 20.6 Å². The van der Waals surface area contributed by atoms with E-state index in [1.54, 1.807) is 13.4 Å². The van der Waals surface area contributed by atoms with Gasteiger partial charge in [0.2, 0.25) is 0 Å². The Kier molecular flexibility index (Phi) is 7.69. The van der Waals surface area contributed by atoms with Gasteiger partial charge in [-0.15, -0.1) is 0 Å². The van der Waals surface area contributed by atoms with Crippen LogP contribution < -0.4 is 10.5 Å². The number of ether oxygens (including phenoxy) is 1. The Morgan fingerprint density at radius 2 is 1.79 bits per heavy atom. The number of aromatic nitrogens is 6. The maximum Gasteiger partial charge on any atom is 0.164 e. The molecule has 0 amide bonds. The average molecular weight is 582 g/mol. The van der Waals surface area contributed by atoms with Gasteiger partial charge in [-0.2, -0.15) is 5.10 Å². The number of nitrogens with one attached hydrogen (secondary N) is 1. The predicted molar refractivity (Wildman–Crippen MR) is 167 cm³/mol. The first-order chi connectivity index (χ1) is 21.1. The fourth-order valence-electron chi connectivity index (χ4n) is 6.94. The summed E-state index contributed by atoms with van der Waals surface area (Å²) in [6.45, 7) is 5.23. The molecule has 7 rings (SSSR count). The lowest BCUT2D eigenvalue weighted by atomic mass is 9.90. The van der Waals surface area contributed by atoms with E-state index in [1.807, 2.05) is 24.3 Å². The van der Waals surface area contributed by atoms with Crippen LogP contribution in [0.5, 0.6) is 5.75 Å². The van der Waals surface area contributed by atoms with Crippen LogP contribution in [0.25, 0.3) is 33.3 Å². The van der Waals surface area contributed by atoms with E-state index < -0.39 is 0 Å². The van der Waals surface area contributed by atoms with Crippen molar-refractivity contribution < 1.29 is 9.84 Å². The summed E-state index contributed by atoms with van der Waals surface area (Å²) in [6.07, 6.45) is 6.56. The molecule has 0 unspecified atom stereocenters. The van der Waals surface area contributed by atoms with Crippen molar-refractivity contribution in [2.75, 3.05) is 52.2 Å². The summed E-state index contributed by atoms with van der Waals surface area (Å²) >= 11 is 0. The number of nitrogens with two attached hydrogens (primary N) is 1. The van der Waals surface area contributed by atoms with E-state index in [-0.39, 0.29) is 12.6 Å². The number of anilines is 1. The summed E-state index contributed by atoms with van der Waals surface area (Å²) in [5.74, 6) is 2.18. The molecule has 2 fully saturated rings. The lowest BCUT2D eigenvalue weighted by molar-refractivity contribution is 0.0629. The van der Waals surface area contributed by atoms with Gasteiger partial charge in [0.05, 0.1) is 36.2 Å². The number of H-pyrrole nitrogens is 1. The predicted octanol–water partition coefficient (Wildman–Crippen LogP) is 3.64. The summed E-state index contributed by atoms with van der Waals surface area (Å²) in [4.78, 5) is 22.3. The molecule has 2 aromatic carbocycles. The zero-order valence-electron chi connectivity index (χ0n) is 24.6. The highest BCUT2D eigenvalue weighted by atomic mass is 16.5. The van der Waals surface area contributed by atoms with E-state index in [0.29, 0.717) is 18.3 Å². The van der Waals surface area contributed by atoms with E-state index in [1.165, 1.54) is 0 Å². The molecule has 43 heavy (non-hydrogen) atoms. The minimum absolute atomic E-state index is 0.236. The number of benzene rings is 2. The first-order valence-electron chi connectivity index (χ1n) is 15.3. The molecule has 224 valence electrons. The number of methoxy groups -OCH3 is 1. The van der Waals surface area contributed by atoms with Crippen LogP contribution in [0.1, 0.15) is 43.1 Å². The minimum Gasteiger partial charge on any atom is -0.496 e. The van der Waals surface area contributed by atoms with E-state index in [2.05, 4.69) is 47.6 Å². The molecule has 4 N–H and O–H groups in total. The minimum atomic E-state index is 0.236. The highest BCUT2D eigenvalue weighted by Crippen LogP contribution is 2.37. The zero-order valence-corrected chi connectivity index (χ0v) is 24.6. The molecule has 1 aliphatic carbocycles. The number of piperazine rings is 1. The van der Waals surface area contributed by atoms with Crippen LogP contribution in [-0.2, 0) is 6.42 Å². The van der Waals surface area contributed by atoms with Gasteiger partial charge in [0.15, 0.2) is 5.65 Å². The smallest absolute Gasteiger partial charge is 0.164 e. The van der Waals surface area contributed by atoms with Crippen LogP contribution >= 0.6 is 0 Å². The van der Waals surface area contributed by atoms with Gasteiger partial charge in [0.1, 0.15) is 29.4 Å². The second-order valence-corrected chi connectivity index (χ2v) is 11.7. The van der Waals surface area contributed by atoms with Gasteiger partial charge in [-0.1, -0.05) is 24.3 Å². The number of nitrogens with zero attached hydrogens (tertiary/aromatic N) is 7. The van der Waals surface area contributed by atoms with Gasteiger partial charge in [-0.05, 0) is 43.9 Å². The Bertz CT molecular complexity index is 1710. The number of aliphatic hydroxyl groups is 1. The van der Waals surface area contributed by atoms with Crippen molar-refractivity contribution in [1.82, 2.24) is 39.5 Å². The summed E-state index contributed by atoms with van der Waals surface area (Å²) in [5.41, 5.74) is 11.9. The maximum atomic E-state index is 9.26. The number of para-hydroxylation sites is 1. The fraction of sp³-hybridized carbons (Fsp3) is 0.438. The summed E-state index contributed by atoms with van der Waals surface area (Å²) < 4.78 is 7.63. The Labute approximate surface area is 250 Å².